The zero-order valence-corrected chi connectivity index (χ0v) is 12.6. The van der Waals surface area contributed by atoms with Crippen molar-refractivity contribution in [2.45, 2.75) is 40.0 Å². The van der Waals surface area contributed by atoms with Gasteiger partial charge in [0, 0.05) is 6.08 Å². The summed E-state index contributed by atoms with van der Waals surface area (Å²) in [6.45, 7) is 6.09. The number of carboxylic acid groups (broad SMARTS) is 1. The molecule has 1 rings (SSSR count). The molecule has 2 heteroatoms. The molecule has 0 amide bonds. The van der Waals surface area contributed by atoms with Crippen molar-refractivity contribution >= 4 is 5.97 Å². The van der Waals surface area contributed by atoms with Crippen molar-refractivity contribution < 1.29 is 9.90 Å². The molecule has 0 spiro atoms. The Hall–Kier alpha value is -1.83. The molecule has 0 aromatic rings. The van der Waals surface area contributed by atoms with Crippen LogP contribution < -0.4 is 0 Å². The fourth-order valence-electron chi connectivity index (χ4n) is 2.17. The maximum absolute atomic E-state index is 10.5. The van der Waals surface area contributed by atoms with Gasteiger partial charge < -0.3 is 5.11 Å². The van der Waals surface area contributed by atoms with Gasteiger partial charge in [0.25, 0.3) is 0 Å². The highest BCUT2D eigenvalue weighted by molar-refractivity contribution is 5.81. The van der Waals surface area contributed by atoms with E-state index in [1.165, 1.54) is 30.9 Å². The first-order chi connectivity index (χ1) is 9.49. The average Bonchev–Trinajstić information content (AvgIpc) is 2.37. The quantitative estimate of drug-likeness (QED) is 0.575. The predicted molar refractivity (Wildman–Crippen MR) is 84.5 cm³/mol. The Morgan fingerprint density at radius 1 is 1.30 bits per heavy atom. The molecule has 0 saturated heterocycles. The van der Waals surface area contributed by atoms with Gasteiger partial charge in [-0.2, -0.15) is 0 Å². The summed E-state index contributed by atoms with van der Waals surface area (Å²) in [6.07, 6.45) is 17.3. The first-order valence-electron chi connectivity index (χ1n) is 7.13. The van der Waals surface area contributed by atoms with E-state index in [1.807, 2.05) is 19.1 Å². The standard InChI is InChI=1S/C18H24O2/c1-14(7-6-8-15(2)13-18(19)20)11-12-17-10-5-4-9-16(17)3/h6-8,10-13,16H,4-5,9H2,1-3H3,(H,19,20)/b8-6+,12-11+,14-7+,15-13+. The summed E-state index contributed by atoms with van der Waals surface area (Å²) in [4.78, 5) is 10.5. The number of allylic oxidation sites excluding steroid dienone is 9. The van der Waals surface area contributed by atoms with Crippen molar-refractivity contribution in [2.24, 2.45) is 5.92 Å². The molecule has 0 heterocycles. The van der Waals surface area contributed by atoms with Gasteiger partial charge in [0.05, 0.1) is 0 Å². The van der Waals surface area contributed by atoms with E-state index in [0.29, 0.717) is 5.92 Å². The number of carbonyl (C=O) groups is 1. The van der Waals surface area contributed by atoms with Gasteiger partial charge >= 0.3 is 5.97 Å². The maximum Gasteiger partial charge on any atom is 0.328 e. The van der Waals surface area contributed by atoms with Gasteiger partial charge in [-0.15, -0.1) is 0 Å². The first kappa shape index (κ1) is 16.2. The zero-order valence-electron chi connectivity index (χ0n) is 12.6. The Kier molecular flexibility index (Phi) is 6.78. The van der Waals surface area contributed by atoms with Crippen LogP contribution in [0.15, 0.2) is 59.3 Å². The van der Waals surface area contributed by atoms with E-state index in [1.54, 1.807) is 13.0 Å². The number of hydrogen-bond donors (Lipinski definition) is 1. The molecule has 108 valence electrons. The van der Waals surface area contributed by atoms with E-state index in [0.717, 1.165) is 11.1 Å². The van der Waals surface area contributed by atoms with Crippen molar-refractivity contribution in [1.29, 1.82) is 0 Å². The van der Waals surface area contributed by atoms with Gasteiger partial charge in [-0.3, -0.25) is 0 Å². The van der Waals surface area contributed by atoms with Gasteiger partial charge in [-0.05, 0) is 50.2 Å². The fraction of sp³-hybridized carbons (Fsp3) is 0.389. The maximum atomic E-state index is 10.5. The second-order valence-corrected chi connectivity index (χ2v) is 5.37. The second kappa shape index (κ2) is 8.36. The highest BCUT2D eigenvalue weighted by atomic mass is 16.4. The number of hydrogen-bond acceptors (Lipinski definition) is 1. The van der Waals surface area contributed by atoms with E-state index in [9.17, 15) is 4.79 Å². The summed E-state index contributed by atoms with van der Waals surface area (Å²) in [6, 6.07) is 0. The lowest BCUT2D eigenvalue weighted by Gasteiger charge is -2.17. The molecule has 0 radical (unpaired) electrons. The molecular formula is C18H24O2. The topological polar surface area (TPSA) is 37.3 Å². The van der Waals surface area contributed by atoms with E-state index >= 15 is 0 Å². The number of carboxylic acids is 1. The third-order valence-electron chi connectivity index (χ3n) is 3.40. The summed E-state index contributed by atoms with van der Waals surface area (Å²) in [5.74, 6) is -0.255. The molecule has 1 unspecified atom stereocenters. The molecule has 0 aliphatic heterocycles. The van der Waals surface area contributed by atoms with Crippen LogP contribution in [-0.4, -0.2) is 11.1 Å². The Balaban J connectivity index is 2.59. The van der Waals surface area contributed by atoms with Gasteiger partial charge in [-0.1, -0.05) is 49.0 Å². The highest BCUT2D eigenvalue weighted by Crippen LogP contribution is 2.25. The first-order valence-corrected chi connectivity index (χ1v) is 7.13. The average molecular weight is 272 g/mol. The van der Waals surface area contributed by atoms with Crippen LogP contribution in [0.2, 0.25) is 0 Å². The minimum Gasteiger partial charge on any atom is -0.478 e. The molecule has 0 aromatic heterocycles. The molecule has 20 heavy (non-hydrogen) atoms. The summed E-state index contributed by atoms with van der Waals surface area (Å²) >= 11 is 0. The van der Waals surface area contributed by atoms with Gasteiger partial charge in [-0.25, -0.2) is 4.79 Å². The Morgan fingerprint density at radius 3 is 2.70 bits per heavy atom. The molecule has 1 N–H and O–H groups in total. The van der Waals surface area contributed by atoms with Crippen LogP contribution in [0.25, 0.3) is 0 Å². The molecule has 0 saturated carbocycles. The predicted octanol–water partition coefficient (Wildman–Crippen LogP) is 4.82. The molecule has 0 aromatic carbocycles. The van der Waals surface area contributed by atoms with E-state index in [2.05, 4.69) is 25.2 Å². The summed E-state index contributed by atoms with van der Waals surface area (Å²) < 4.78 is 0. The van der Waals surface area contributed by atoms with Gasteiger partial charge in [0.2, 0.25) is 0 Å². The fourth-order valence-corrected chi connectivity index (χ4v) is 2.17. The molecule has 1 atom stereocenters. The lowest BCUT2D eigenvalue weighted by atomic mass is 9.89. The lowest BCUT2D eigenvalue weighted by Crippen LogP contribution is -2.02. The summed E-state index contributed by atoms with van der Waals surface area (Å²) in [5, 5.41) is 8.60. The Labute approximate surface area is 121 Å². The third-order valence-corrected chi connectivity index (χ3v) is 3.40. The number of rotatable bonds is 5. The van der Waals surface area contributed by atoms with Crippen LogP contribution in [0.4, 0.5) is 0 Å². The van der Waals surface area contributed by atoms with E-state index < -0.39 is 5.97 Å². The normalized spacial score (nSPS) is 21.6. The Bertz CT molecular complexity index is 488. The lowest BCUT2D eigenvalue weighted by molar-refractivity contribution is -0.131. The molecule has 0 bridgehead atoms. The van der Waals surface area contributed by atoms with Crippen LogP contribution in [0.3, 0.4) is 0 Å². The van der Waals surface area contributed by atoms with Crippen molar-refractivity contribution in [3.05, 3.63) is 59.3 Å². The van der Waals surface area contributed by atoms with Crippen LogP contribution in [-0.2, 0) is 4.79 Å². The zero-order chi connectivity index (χ0) is 15.0. The molecular weight excluding hydrogens is 248 g/mol. The van der Waals surface area contributed by atoms with Crippen molar-refractivity contribution in [2.75, 3.05) is 0 Å². The van der Waals surface area contributed by atoms with Crippen molar-refractivity contribution in [3.8, 4) is 0 Å². The minimum atomic E-state index is -0.911. The Morgan fingerprint density at radius 2 is 2.05 bits per heavy atom. The van der Waals surface area contributed by atoms with Crippen LogP contribution in [0, 0.1) is 5.92 Å². The molecule has 1 aliphatic carbocycles. The SMILES string of the molecule is CC(/C=C/C1=CCCCC1C)=C\C=C\C(C)=C\C(=O)O. The van der Waals surface area contributed by atoms with Gasteiger partial charge in [0.15, 0.2) is 0 Å². The van der Waals surface area contributed by atoms with Crippen LogP contribution in [0.1, 0.15) is 40.0 Å². The summed E-state index contributed by atoms with van der Waals surface area (Å²) in [5.41, 5.74) is 3.31. The highest BCUT2D eigenvalue weighted by Gasteiger charge is 2.09. The summed E-state index contributed by atoms with van der Waals surface area (Å²) in [7, 11) is 0. The molecule has 2 nitrogen and oxygen atoms in total. The van der Waals surface area contributed by atoms with Crippen LogP contribution >= 0.6 is 0 Å². The smallest absolute Gasteiger partial charge is 0.328 e. The van der Waals surface area contributed by atoms with Crippen LogP contribution in [0.5, 0.6) is 0 Å². The molecule has 1 aliphatic rings. The van der Waals surface area contributed by atoms with E-state index in [4.69, 9.17) is 5.11 Å². The molecule has 0 fully saturated rings. The second-order valence-electron chi connectivity index (χ2n) is 5.37. The minimum absolute atomic E-state index is 0.657. The van der Waals surface area contributed by atoms with Gasteiger partial charge in [0.1, 0.15) is 0 Å². The largest absolute Gasteiger partial charge is 0.478 e. The van der Waals surface area contributed by atoms with E-state index in [-0.39, 0.29) is 0 Å². The van der Waals surface area contributed by atoms with Crippen molar-refractivity contribution in [1.82, 2.24) is 0 Å². The number of aliphatic carboxylic acids is 1. The monoisotopic (exact) mass is 272 g/mol. The van der Waals surface area contributed by atoms with Crippen molar-refractivity contribution in [3.63, 3.8) is 0 Å². The third kappa shape index (κ3) is 6.37.